The van der Waals surface area contributed by atoms with Crippen LogP contribution >= 0.6 is 0 Å². The average molecular weight is 360 g/mol. The van der Waals surface area contributed by atoms with Gasteiger partial charge in [0.05, 0.1) is 11.1 Å². The van der Waals surface area contributed by atoms with E-state index in [1.54, 1.807) is 0 Å². The maximum Gasteiger partial charge on any atom is 0.0719 e. The van der Waals surface area contributed by atoms with Crippen molar-refractivity contribution in [2.75, 3.05) is 0 Å². The summed E-state index contributed by atoms with van der Waals surface area (Å²) in [6.07, 6.45) is 5.53. The molecule has 2 atom stereocenters. The monoisotopic (exact) mass is 359 g/mol. The van der Waals surface area contributed by atoms with Crippen LogP contribution < -0.4 is 0 Å². The average Bonchev–Trinajstić information content (AvgIpc) is 2.99. The first kappa shape index (κ1) is 18.2. The second kappa shape index (κ2) is 6.76. The topological polar surface area (TPSA) is 33.1 Å². The van der Waals surface area contributed by atoms with Crippen LogP contribution in [0.5, 0.6) is 0 Å². The molecule has 2 aromatic carbocycles. The quantitative estimate of drug-likeness (QED) is 0.656. The predicted molar refractivity (Wildman–Crippen MR) is 112 cm³/mol. The summed E-state index contributed by atoms with van der Waals surface area (Å²) in [6, 6.07) is 19.1. The molecule has 140 valence electrons. The van der Waals surface area contributed by atoms with Gasteiger partial charge in [-0.05, 0) is 59.4 Å². The van der Waals surface area contributed by atoms with Gasteiger partial charge in [-0.3, -0.25) is 4.98 Å². The van der Waals surface area contributed by atoms with Crippen molar-refractivity contribution in [2.24, 2.45) is 5.92 Å². The number of nitrogens with zero attached hydrogens (tertiary/aromatic N) is 1. The molecule has 0 saturated heterocycles. The molecule has 2 heteroatoms. The second-order valence-electron chi connectivity index (χ2n) is 8.82. The van der Waals surface area contributed by atoms with Gasteiger partial charge in [0.15, 0.2) is 0 Å². The number of aromatic nitrogens is 1. The van der Waals surface area contributed by atoms with Crippen LogP contribution in [-0.4, -0.2) is 15.7 Å². The molecule has 4 rings (SSSR count). The Bertz CT molecular complexity index is 958. The summed E-state index contributed by atoms with van der Waals surface area (Å²) in [5.74, 6) is 0.175. The zero-order valence-electron chi connectivity index (χ0n) is 16.6. The Kier molecular flexibility index (Phi) is 4.55. The Morgan fingerprint density at radius 1 is 1.07 bits per heavy atom. The Hall–Kier alpha value is -2.19. The first-order valence-electron chi connectivity index (χ1n) is 10.0. The van der Waals surface area contributed by atoms with E-state index in [0.717, 1.165) is 30.2 Å². The van der Waals surface area contributed by atoms with Gasteiger partial charge in [-0.25, -0.2) is 0 Å². The van der Waals surface area contributed by atoms with Gasteiger partial charge in [0, 0.05) is 18.0 Å². The number of rotatable bonds is 5. The molecule has 0 amide bonds. The highest BCUT2D eigenvalue weighted by atomic mass is 16.3. The lowest BCUT2D eigenvalue weighted by Gasteiger charge is -2.40. The number of pyridine rings is 1. The molecule has 1 heterocycles. The van der Waals surface area contributed by atoms with Crippen molar-refractivity contribution >= 4 is 10.9 Å². The lowest BCUT2D eigenvalue weighted by Crippen LogP contribution is -2.43. The number of hydrogen-bond acceptors (Lipinski definition) is 2. The second-order valence-corrected chi connectivity index (χ2v) is 8.82. The van der Waals surface area contributed by atoms with Crippen molar-refractivity contribution in [3.8, 4) is 0 Å². The number of benzene rings is 2. The Morgan fingerprint density at radius 2 is 1.81 bits per heavy atom. The molecule has 0 aliphatic heterocycles. The van der Waals surface area contributed by atoms with Crippen molar-refractivity contribution in [3.63, 3.8) is 0 Å². The highest BCUT2D eigenvalue weighted by Crippen LogP contribution is 2.46. The van der Waals surface area contributed by atoms with Crippen molar-refractivity contribution in [1.82, 2.24) is 4.98 Å². The highest BCUT2D eigenvalue weighted by molar-refractivity contribution is 5.81. The van der Waals surface area contributed by atoms with Gasteiger partial charge in [0.1, 0.15) is 0 Å². The van der Waals surface area contributed by atoms with Crippen LogP contribution in [0.2, 0.25) is 0 Å². The fourth-order valence-corrected chi connectivity index (χ4v) is 4.84. The predicted octanol–water partition coefficient (Wildman–Crippen LogP) is 5.46. The van der Waals surface area contributed by atoms with Crippen molar-refractivity contribution in [2.45, 2.75) is 57.5 Å². The van der Waals surface area contributed by atoms with E-state index >= 15 is 0 Å². The summed E-state index contributed by atoms with van der Waals surface area (Å²) in [7, 11) is 0. The molecule has 2 nitrogen and oxygen atoms in total. The molecule has 0 spiro atoms. The normalized spacial score (nSPS) is 21.4. The number of para-hydroxylation sites is 1. The highest BCUT2D eigenvalue weighted by Gasteiger charge is 2.43. The summed E-state index contributed by atoms with van der Waals surface area (Å²) in [5, 5.41) is 13.0. The fraction of sp³-hybridized carbons (Fsp3) is 0.400. The van der Waals surface area contributed by atoms with Crippen molar-refractivity contribution in [3.05, 3.63) is 77.5 Å². The maximum atomic E-state index is 11.8. The zero-order chi connectivity index (χ0) is 19.1. The number of aliphatic hydroxyl groups is 1. The van der Waals surface area contributed by atoms with Gasteiger partial charge in [-0.2, -0.15) is 0 Å². The minimum absolute atomic E-state index is 0.0262. The number of fused-ring (bicyclic) bond motifs is 2. The molecule has 0 fully saturated rings. The third-order valence-electron chi connectivity index (χ3n) is 6.62. The smallest absolute Gasteiger partial charge is 0.0719 e. The minimum atomic E-state index is -0.754. The van der Waals surface area contributed by atoms with Crippen LogP contribution in [0.4, 0.5) is 0 Å². The summed E-state index contributed by atoms with van der Waals surface area (Å²) in [4.78, 5) is 4.48. The van der Waals surface area contributed by atoms with Gasteiger partial charge in [0.2, 0.25) is 0 Å². The minimum Gasteiger partial charge on any atom is -0.389 e. The van der Waals surface area contributed by atoms with E-state index in [-0.39, 0.29) is 11.3 Å². The molecular formula is C25H29NO. The third kappa shape index (κ3) is 3.27. The lowest BCUT2D eigenvalue weighted by atomic mass is 9.69. The van der Waals surface area contributed by atoms with Crippen LogP contribution in [0.3, 0.4) is 0 Å². The zero-order valence-corrected chi connectivity index (χ0v) is 16.6. The van der Waals surface area contributed by atoms with Gasteiger partial charge < -0.3 is 5.11 Å². The van der Waals surface area contributed by atoms with Gasteiger partial charge >= 0.3 is 0 Å². The van der Waals surface area contributed by atoms with E-state index in [0.29, 0.717) is 6.42 Å². The Labute approximate surface area is 162 Å². The standard InChI is InChI=1S/C25H29NO/c1-18(2)25(27,16-20-13-15-26-23-11-7-5-9-21(20)23)17-24(3)14-12-19-8-4-6-10-22(19)24/h4-11,13,15,18,27H,12,14,16-17H2,1-3H3. The summed E-state index contributed by atoms with van der Waals surface area (Å²) >= 11 is 0. The number of aryl methyl sites for hydroxylation is 1. The molecule has 0 bridgehead atoms. The molecule has 3 aromatic rings. The van der Waals surface area contributed by atoms with Crippen LogP contribution in [-0.2, 0) is 18.3 Å². The van der Waals surface area contributed by atoms with Crippen LogP contribution in [0.25, 0.3) is 10.9 Å². The van der Waals surface area contributed by atoms with Gasteiger partial charge in [-0.15, -0.1) is 0 Å². The third-order valence-corrected chi connectivity index (χ3v) is 6.62. The summed E-state index contributed by atoms with van der Waals surface area (Å²) in [5.41, 5.74) is 4.32. The molecular weight excluding hydrogens is 330 g/mol. The van der Waals surface area contributed by atoms with E-state index in [1.165, 1.54) is 16.7 Å². The number of hydrogen-bond donors (Lipinski definition) is 1. The Balaban J connectivity index is 1.70. The largest absolute Gasteiger partial charge is 0.389 e. The molecule has 1 aliphatic rings. The molecule has 1 N–H and O–H groups in total. The van der Waals surface area contributed by atoms with Crippen LogP contribution in [0, 0.1) is 5.92 Å². The first-order chi connectivity index (χ1) is 12.9. The van der Waals surface area contributed by atoms with Gasteiger partial charge in [0.25, 0.3) is 0 Å². The van der Waals surface area contributed by atoms with E-state index < -0.39 is 5.60 Å². The fourth-order valence-electron chi connectivity index (χ4n) is 4.84. The summed E-state index contributed by atoms with van der Waals surface area (Å²) < 4.78 is 0. The van der Waals surface area contributed by atoms with E-state index in [1.807, 2.05) is 18.3 Å². The van der Waals surface area contributed by atoms with E-state index in [2.05, 4.69) is 68.2 Å². The Morgan fingerprint density at radius 3 is 2.63 bits per heavy atom. The molecule has 1 aromatic heterocycles. The molecule has 1 aliphatic carbocycles. The lowest BCUT2D eigenvalue weighted by molar-refractivity contribution is -0.0303. The van der Waals surface area contributed by atoms with E-state index in [4.69, 9.17) is 0 Å². The van der Waals surface area contributed by atoms with Crippen LogP contribution in [0.1, 0.15) is 50.3 Å². The maximum absolute atomic E-state index is 11.8. The van der Waals surface area contributed by atoms with E-state index in [9.17, 15) is 5.11 Å². The van der Waals surface area contributed by atoms with Crippen molar-refractivity contribution in [1.29, 1.82) is 0 Å². The van der Waals surface area contributed by atoms with Gasteiger partial charge in [-0.1, -0.05) is 63.2 Å². The van der Waals surface area contributed by atoms with Crippen LogP contribution in [0.15, 0.2) is 60.8 Å². The molecule has 0 radical (unpaired) electrons. The summed E-state index contributed by atoms with van der Waals surface area (Å²) in [6.45, 7) is 6.62. The molecule has 0 saturated carbocycles. The van der Waals surface area contributed by atoms with Crippen molar-refractivity contribution < 1.29 is 5.11 Å². The SMILES string of the molecule is CC(C)C(O)(Cc1ccnc2ccccc12)CC1(C)CCc2ccccc21. The first-order valence-corrected chi connectivity index (χ1v) is 10.0. The molecule has 2 unspecified atom stereocenters. The molecule has 27 heavy (non-hydrogen) atoms.